The third-order valence-electron chi connectivity index (χ3n) is 4.49. The number of phosphoric ester groups is 1. The molecule has 0 saturated heterocycles. The molecule has 0 unspecified atom stereocenters. The van der Waals surface area contributed by atoms with E-state index in [0.29, 0.717) is 5.75 Å². The van der Waals surface area contributed by atoms with Crippen LogP contribution >= 0.6 is 7.82 Å². The lowest BCUT2D eigenvalue weighted by atomic mass is 9.63. The van der Waals surface area contributed by atoms with Crippen molar-refractivity contribution in [3.05, 3.63) is 29.3 Å². The molecular formula is C16H25O4P. The molecule has 0 N–H and O–H groups in total. The Kier molecular flexibility index (Phi) is 4.27. The van der Waals surface area contributed by atoms with Gasteiger partial charge >= 0.3 is 7.82 Å². The number of benzene rings is 1. The van der Waals surface area contributed by atoms with Crippen LogP contribution in [0.15, 0.2) is 18.2 Å². The van der Waals surface area contributed by atoms with Crippen molar-refractivity contribution in [3.63, 3.8) is 0 Å². The Morgan fingerprint density at radius 3 is 2.00 bits per heavy atom. The molecule has 21 heavy (non-hydrogen) atoms. The second-order valence-electron chi connectivity index (χ2n) is 6.88. The molecule has 2 rings (SSSR count). The molecule has 1 aromatic rings. The van der Waals surface area contributed by atoms with Gasteiger partial charge in [-0.05, 0) is 46.9 Å². The predicted octanol–water partition coefficient (Wildman–Crippen LogP) is 4.82. The molecule has 0 heterocycles. The summed E-state index contributed by atoms with van der Waals surface area (Å²) < 4.78 is 27.2. The maximum absolute atomic E-state index is 12.1. The Labute approximate surface area is 127 Å². The fourth-order valence-electron chi connectivity index (χ4n) is 2.90. The average molecular weight is 312 g/mol. The normalized spacial score (nSPS) is 19.9. The summed E-state index contributed by atoms with van der Waals surface area (Å²) in [5.74, 6) is 0.520. The fourth-order valence-corrected chi connectivity index (χ4v) is 3.57. The number of hydrogen-bond donors (Lipinski definition) is 0. The maximum atomic E-state index is 12.1. The van der Waals surface area contributed by atoms with Gasteiger partial charge in [-0.2, -0.15) is 0 Å². The lowest BCUT2D eigenvalue weighted by molar-refractivity contribution is 0.211. The van der Waals surface area contributed by atoms with E-state index in [0.717, 1.165) is 12.8 Å². The van der Waals surface area contributed by atoms with Crippen LogP contribution in [-0.4, -0.2) is 14.2 Å². The zero-order chi connectivity index (χ0) is 15.9. The molecule has 0 atom stereocenters. The van der Waals surface area contributed by atoms with E-state index in [1.165, 1.54) is 25.3 Å². The van der Waals surface area contributed by atoms with E-state index in [2.05, 4.69) is 33.8 Å². The van der Waals surface area contributed by atoms with Crippen LogP contribution in [0.5, 0.6) is 5.75 Å². The maximum Gasteiger partial charge on any atom is 0.529 e. The molecule has 0 aromatic heterocycles. The van der Waals surface area contributed by atoms with E-state index in [4.69, 9.17) is 13.6 Å². The van der Waals surface area contributed by atoms with Crippen LogP contribution in [0.4, 0.5) is 0 Å². The van der Waals surface area contributed by atoms with Crippen LogP contribution in [0, 0.1) is 0 Å². The lowest BCUT2D eigenvalue weighted by Gasteiger charge is -2.41. The first-order valence-electron chi connectivity index (χ1n) is 7.20. The summed E-state index contributed by atoms with van der Waals surface area (Å²) in [6, 6.07) is 5.88. The van der Waals surface area contributed by atoms with Gasteiger partial charge in [0, 0.05) is 14.2 Å². The van der Waals surface area contributed by atoms with Crippen LogP contribution in [0.1, 0.15) is 51.7 Å². The Balaban J connectivity index is 2.45. The monoisotopic (exact) mass is 312 g/mol. The van der Waals surface area contributed by atoms with Gasteiger partial charge < -0.3 is 4.52 Å². The van der Waals surface area contributed by atoms with Crippen molar-refractivity contribution in [1.29, 1.82) is 0 Å². The Morgan fingerprint density at radius 2 is 1.48 bits per heavy atom. The zero-order valence-corrected chi connectivity index (χ0v) is 14.6. The topological polar surface area (TPSA) is 44.8 Å². The average Bonchev–Trinajstić information content (AvgIpc) is 2.44. The highest BCUT2D eigenvalue weighted by Crippen LogP contribution is 2.51. The molecule has 4 nitrogen and oxygen atoms in total. The minimum Gasteiger partial charge on any atom is -0.404 e. The van der Waals surface area contributed by atoms with Crippen LogP contribution in [0.2, 0.25) is 0 Å². The van der Waals surface area contributed by atoms with Gasteiger partial charge in [-0.1, -0.05) is 33.8 Å². The van der Waals surface area contributed by atoms with Gasteiger partial charge in [0.2, 0.25) is 0 Å². The van der Waals surface area contributed by atoms with Gasteiger partial charge in [-0.25, -0.2) is 4.57 Å². The van der Waals surface area contributed by atoms with Crippen LogP contribution < -0.4 is 4.52 Å². The zero-order valence-electron chi connectivity index (χ0n) is 13.7. The summed E-state index contributed by atoms with van der Waals surface area (Å²) in [5.41, 5.74) is 2.80. The molecule has 0 aliphatic heterocycles. The van der Waals surface area contributed by atoms with Gasteiger partial charge in [-0.3, -0.25) is 9.05 Å². The van der Waals surface area contributed by atoms with Gasteiger partial charge in [0.25, 0.3) is 0 Å². The van der Waals surface area contributed by atoms with Crippen molar-refractivity contribution in [2.24, 2.45) is 0 Å². The summed E-state index contributed by atoms with van der Waals surface area (Å²) in [4.78, 5) is 0. The largest absolute Gasteiger partial charge is 0.529 e. The Hall–Kier alpha value is -0.830. The summed E-state index contributed by atoms with van der Waals surface area (Å²) in [6.07, 6.45) is 2.27. The minimum atomic E-state index is -3.51. The molecule has 0 amide bonds. The molecule has 1 aliphatic carbocycles. The molecule has 0 spiro atoms. The van der Waals surface area contributed by atoms with Crippen molar-refractivity contribution < 1.29 is 18.1 Å². The van der Waals surface area contributed by atoms with Gasteiger partial charge in [-0.15, -0.1) is 0 Å². The Morgan fingerprint density at radius 1 is 0.952 bits per heavy atom. The highest BCUT2D eigenvalue weighted by molar-refractivity contribution is 7.48. The summed E-state index contributed by atoms with van der Waals surface area (Å²) in [7, 11) is -0.883. The summed E-state index contributed by atoms with van der Waals surface area (Å²) in [6.45, 7) is 8.99. The molecule has 0 radical (unpaired) electrons. The van der Waals surface area contributed by atoms with Crippen molar-refractivity contribution in [1.82, 2.24) is 0 Å². The predicted molar refractivity (Wildman–Crippen MR) is 84.0 cm³/mol. The molecule has 0 saturated carbocycles. The first-order chi connectivity index (χ1) is 9.63. The van der Waals surface area contributed by atoms with Crippen LogP contribution in [-0.2, 0) is 24.4 Å². The van der Waals surface area contributed by atoms with Gasteiger partial charge in [0.1, 0.15) is 5.75 Å². The van der Waals surface area contributed by atoms with E-state index in [1.807, 2.05) is 12.1 Å². The first kappa shape index (κ1) is 16.5. The number of rotatable bonds is 4. The summed E-state index contributed by atoms with van der Waals surface area (Å²) in [5, 5.41) is 0. The standard InChI is InChI=1S/C16H25O4P/c1-15(2)9-10-16(3,4)14-11-12(7-8-13(14)15)20-21(17,18-5)19-6/h7-8,11H,9-10H2,1-6H3. The SMILES string of the molecule is COP(=O)(OC)Oc1ccc2c(c1)C(C)(C)CCC2(C)C. The van der Waals surface area contributed by atoms with Crippen molar-refractivity contribution >= 4 is 7.82 Å². The molecule has 118 valence electrons. The number of hydrogen-bond acceptors (Lipinski definition) is 4. The third-order valence-corrected chi connectivity index (χ3v) is 5.82. The lowest BCUT2D eigenvalue weighted by Crippen LogP contribution is -2.33. The molecule has 5 heteroatoms. The van der Waals surface area contributed by atoms with Crippen molar-refractivity contribution in [3.8, 4) is 5.75 Å². The second-order valence-corrected chi connectivity index (χ2v) is 8.69. The van der Waals surface area contributed by atoms with E-state index in [1.54, 1.807) is 0 Å². The van der Waals surface area contributed by atoms with Crippen molar-refractivity contribution in [2.75, 3.05) is 14.2 Å². The smallest absolute Gasteiger partial charge is 0.404 e. The summed E-state index contributed by atoms with van der Waals surface area (Å²) >= 11 is 0. The molecular weight excluding hydrogens is 287 g/mol. The number of phosphoric acid groups is 1. The Bertz CT molecular complexity index is 570. The van der Waals surface area contributed by atoms with E-state index >= 15 is 0 Å². The van der Waals surface area contributed by atoms with E-state index in [-0.39, 0.29) is 10.8 Å². The van der Waals surface area contributed by atoms with E-state index < -0.39 is 7.82 Å². The van der Waals surface area contributed by atoms with Crippen molar-refractivity contribution in [2.45, 2.75) is 51.4 Å². The quantitative estimate of drug-likeness (QED) is 0.748. The fraction of sp³-hybridized carbons (Fsp3) is 0.625. The third kappa shape index (κ3) is 3.18. The van der Waals surface area contributed by atoms with Gasteiger partial charge in [0.05, 0.1) is 0 Å². The number of fused-ring (bicyclic) bond motifs is 1. The highest BCUT2D eigenvalue weighted by Gasteiger charge is 2.37. The minimum absolute atomic E-state index is 0.0777. The van der Waals surface area contributed by atoms with Crippen LogP contribution in [0.3, 0.4) is 0 Å². The molecule has 0 bridgehead atoms. The van der Waals surface area contributed by atoms with Gasteiger partial charge in [0.15, 0.2) is 0 Å². The second kappa shape index (κ2) is 5.42. The first-order valence-corrected chi connectivity index (χ1v) is 8.66. The van der Waals surface area contributed by atoms with Crippen LogP contribution in [0.25, 0.3) is 0 Å². The molecule has 1 aromatic carbocycles. The molecule has 0 fully saturated rings. The molecule has 1 aliphatic rings. The highest BCUT2D eigenvalue weighted by atomic mass is 31.2. The van der Waals surface area contributed by atoms with E-state index in [9.17, 15) is 4.57 Å².